The van der Waals surface area contributed by atoms with Crippen LogP contribution in [-0.2, 0) is 4.74 Å². The monoisotopic (exact) mass is 199 g/mol. The third-order valence-electron chi connectivity index (χ3n) is 1.87. The first kappa shape index (κ1) is 10.6. The lowest BCUT2D eigenvalue weighted by molar-refractivity contribution is 0.0369. The van der Waals surface area contributed by atoms with Crippen LogP contribution in [0, 0.1) is 5.92 Å². The van der Waals surface area contributed by atoms with Crippen LogP contribution in [0.25, 0.3) is 0 Å². The lowest BCUT2D eigenvalue weighted by Crippen LogP contribution is -2.23. The second-order valence-corrected chi connectivity index (χ2v) is 3.03. The van der Waals surface area contributed by atoms with Gasteiger partial charge in [0.1, 0.15) is 5.76 Å². The third-order valence-corrected chi connectivity index (χ3v) is 1.87. The Morgan fingerprint density at radius 3 is 2.93 bits per heavy atom. The molecule has 5 nitrogen and oxygen atoms in total. The molecule has 0 saturated carbocycles. The molecule has 0 aromatic carbocycles. The maximum atomic E-state index is 10.6. The molecule has 5 heteroatoms. The van der Waals surface area contributed by atoms with E-state index in [0.717, 1.165) is 0 Å². The minimum absolute atomic E-state index is 0.112. The lowest BCUT2D eigenvalue weighted by atomic mass is 10.0. The predicted molar refractivity (Wildman–Crippen MR) is 48.4 cm³/mol. The van der Waals surface area contributed by atoms with Crippen molar-refractivity contribution in [2.75, 3.05) is 6.61 Å². The molecule has 0 radical (unpaired) electrons. The quantitative estimate of drug-likeness (QED) is 0.758. The summed E-state index contributed by atoms with van der Waals surface area (Å²) in [6.45, 7) is 1.62. The van der Waals surface area contributed by atoms with Gasteiger partial charge in [0.2, 0.25) is 0 Å². The molecular weight excluding hydrogens is 186 g/mol. The summed E-state index contributed by atoms with van der Waals surface area (Å²) >= 11 is 0. The first-order valence-corrected chi connectivity index (χ1v) is 4.25. The molecule has 2 atom stereocenters. The minimum Gasteiger partial charge on any atom is -0.465 e. The first-order valence-electron chi connectivity index (χ1n) is 4.25. The zero-order chi connectivity index (χ0) is 10.6. The molecule has 1 aromatic rings. The van der Waals surface area contributed by atoms with E-state index in [9.17, 15) is 4.79 Å². The number of aliphatic hydroxyl groups excluding tert-OH is 1. The Balaban J connectivity index is 2.77. The van der Waals surface area contributed by atoms with Gasteiger partial charge in [-0.25, -0.2) is 4.79 Å². The number of carbonyl (C=O) groups is 1. The predicted octanol–water partition coefficient (Wildman–Crippen LogP) is 1.04. The minimum atomic E-state index is -0.883. The fourth-order valence-corrected chi connectivity index (χ4v) is 1.13. The van der Waals surface area contributed by atoms with Crippen molar-refractivity contribution in [3.63, 3.8) is 0 Å². The molecular formula is C9H13NO4. The highest BCUT2D eigenvalue weighted by Gasteiger charge is 2.24. The normalized spacial score (nSPS) is 14.7. The van der Waals surface area contributed by atoms with E-state index in [1.54, 1.807) is 19.1 Å². The van der Waals surface area contributed by atoms with Gasteiger partial charge in [-0.05, 0) is 12.1 Å². The number of amides is 1. The van der Waals surface area contributed by atoms with Gasteiger partial charge in [0.05, 0.1) is 6.26 Å². The van der Waals surface area contributed by atoms with Crippen molar-refractivity contribution < 1.29 is 19.1 Å². The average molecular weight is 199 g/mol. The number of hydrogen-bond donors (Lipinski definition) is 2. The topological polar surface area (TPSA) is 85.7 Å². The number of furan rings is 1. The van der Waals surface area contributed by atoms with Gasteiger partial charge in [0, 0.05) is 12.5 Å². The van der Waals surface area contributed by atoms with Crippen LogP contribution >= 0.6 is 0 Å². The molecule has 0 bridgehead atoms. The Morgan fingerprint density at radius 2 is 2.50 bits per heavy atom. The van der Waals surface area contributed by atoms with Crippen molar-refractivity contribution in [1.29, 1.82) is 0 Å². The van der Waals surface area contributed by atoms with Crippen molar-refractivity contribution in [2.24, 2.45) is 11.7 Å². The Kier molecular flexibility index (Phi) is 3.53. The van der Waals surface area contributed by atoms with Gasteiger partial charge >= 0.3 is 6.09 Å². The maximum Gasteiger partial charge on any atom is 0.405 e. The summed E-state index contributed by atoms with van der Waals surface area (Å²) in [7, 11) is 0. The molecule has 1 heterocycles. The summed E-state index contributed by atoms with van der Waals surface area (Å²) < 4.78 is 9.91. The van der Waals surface area contributed by atoms with E-state index in [1.165, 1.54) is 6.26 Å². The Morgan fingerprint density at radius 1 is 1.79 bits per heavy atom. The number of carbonyl (C=O) groups excluding carboxylic acids is 1. The van der Waals surface area contributed by atoms with E-state index in [0.29, 0.717) is 5.76 Å². The summed E-state index contributed by atoms with van der Waals surface area (Å²) in [4.78, 5) is 10.6. The molecule has 0 spiro atoms. The summed E-state index contributed by atoms with van der Waals surface area (Å²) in [6.07, 6.45) is -0.0456. The van der Waals surface area contributed by atoms with Crippen molar-refractivity contribution >= 4 is 6.09 Å². The summed E-state index contributed by atoms with van der Waals surface area (Å²) in [6, 6.07) is 3.34. The first-order chi connectivity index (χ1) is 6.65. The highest BCUT2D eigenvalue weighted by Crippen LogP contribution is 2.25. The molecule has 0 aliphatic rings. The zero-order valence-corrected chi connectivity index (χ0v) is 7.84. The van der Waals surface area contributed by atoms with Crippen molar-refractivity contribution in [1.82, 2.24) is 0 Å². The van der Waals surface area contributed by atoms with E-state index in [4.69, 9.17) is 20.0 Å². The van der Waals surface area contributed by atoms with Crippen LogP contribution in [-0.4, -0.2) is 17.8 Å². The summed E-state index contributed by atoms with van der Waals surface area (Å²) in [5, 5.41) is 8.94. The number of aliphatic hydroxyl groups is 1. The molecule has 0 aliphatic carbocycles. The smallest absolute Gasteiger partial charge is 0.405 e. The third kappa shape index (κ3) is 2.50. The van der Waals surface area contributed by atoms with Crippen molar-refractivity contribution in [3.05, 3.63) is 24.2 Å². The molecule has 0 saturated heterocycles. The second kappa shape index (κ2) is 4.66. The van der Waals surface area contributed by atoms with Gasteiger partial charge in [0.25, 0.3) is 0 Å². The van der Waals surface area contributed by atoms with E-state index in [2.05, 4.69) is 0 Å². The SMILES string of the molecule is C[C@@H](CO)[C@H](OC(N)=O)c1ccco1. The van der Waals surface area contributed by atoms with Gasteiger partial charge in [0.15, 0.2) is 6.10 Å². The number of rotatable bonds is 4. The van der Waals surface area contributed by atoms with E-state index in [-0.39, 0.29) is 12.5 Å². The Hall–Kier alpha value is -1.49. The van der Waals surface area contributed by atoms with E-state index < -0.39 is 12.2 Å². The molecule has 14 heavy (non-hydrogen) atoms. The second-order valence-electron chi connectivity index (χ2n) is 3.03. The molecule has 78 valence electrons. The summed E-state index contributed by atoms with van der Waals surface area (Å²) in [5.74, 6) is 0.221. The Labute approximate surface area is 81.5 Å². The van der Waals surface area contributed by atoms with Crippen LogP contribution in [0.5, 0.6) is 0 Å². The van der Waals surface area contributed by atoms with Gasteiger partial charge < -0.3 is 20.0 Å². The average Bonchev–Trinajstić information content (AvgIpc) is 2.65. The highest BCUT2D eigenvalue weighted by atomic mass is 16.6. The number of ether oxygens (including phenoxy) is 1. The highest BCUT2D eigenvalue weighted by molar-refractivity contribution is 5.64. The van der Waals surface area contributed by atoms with Crippen LogP contribution in [0.2, 0.25) is 0 Å². The summed E-state index contributed by atoms with van der Waals surface area (Å²) in [5.41, 5.74) is 4.91. The van der Waals surface area contributed by atoms with Crippen LogP contribution in [0.1, 0.15) is 18.8 Å². The van der Waals surface area contributed by atoms with Gasteiger partial charge in [-0.2, -0.15) is 0 Å². The molecule has 0 fully saturated rings. The zero-order valence-electron chi connectivity index (χ0n) is 7.84. The fraction of sp³-hybridized carbons (Fsp3) is 0.444. The van der Waals surface area contributed by atoms with E-state index in [1.807, 2.05) is 0 Å². The lowest BCUT2D eigenvalue weighted by Gasteiger charge is -2.19. The molecule has 3 N–H and O–H groups in total. The van der Waals surface area contributed by atoms with Gasteiger partial charge in [-0.1, -0.05) is 6.92 Å². The van der Waals surface area contributed by atoms with Gasteiger partial charge in [-0.15, -0.1) is 0 Å². The fourth-order valence-electron chi connectivity index (χ4n) is 1.13. The molecule has 0 aliphatic heterocycles. The largest absolute Gasteiger partial charge is 0.465 e. The molecule has 1 aromatic heterocycles. The van der Waals surface area contributed by atoms with Crippen LogP contribution < -0.4 is 5.73 Å². The maximum absolute atomic E-state index is 10.6. The van der Waals surface area contributed by atoms with E-state index >= 15 is 0 Å². The standard InChI is InChI=1S/C9H13NO4/c1-6(5-11)8(14-9(10)12)7-3-2-4-13-7/h2-4,6,8,11H,5H2,1H3,(H2,10,12)/t6-,8-/m0/s1. The Bertz CT molecular complexity index is 283. The van der Waals surface area contributed by atoms with Crippen LogP contribution in [0.4, 0.5) is 4.79 Å². The molecule has 0 unspecified atom stereocenters. The molecule has 1 rings (SSSR count). The number of hydrogen-bond acceptors (Lipinski definition) is 4. The van der Waals surface area contributed by atoms with Gasteiger partial charge in [-0.3, -0.25) is 0 Å². The number of primary amides is 1. The number of nitrogens with two attached hydrogens (primary N) is 1. The van der Waals surface area contributed by atoms with Crippen LogP contribution in [0.15, 0.2) is 22.8 Å². The van der Waals surface area contributed by atoms with Crippen molar-refractivity contribution in [2.45, 2.75) is 13.0 Å². The van der Waals surface area contributed by atoms with Crippen LogP contribution in [0.3, 0.4) is 0 Å². The van der Waals surface area contributed by atoms with Crippen molar-refractivity contribution in [3.8, 4) is 0 Å². The molecule has 1 amide bonds.